The van der Waals surface area contributed by atoms with Gasteiger partial charge >= 0.3 is 0 Å². The molecule has 0 fully saturated rings. The Kier molecular flexibility index (Phi) is 6.50. The molecule has 0 spiro atoms. The summed E-state index contributed by atoms with van der Waals surface area (Å²) in [6.45, 7) is 4.47. The van der Waals surface area contributed by atoms with E-state index in [1.54, 1.807) is 17.5 Å². The third-order valence-corrected chi connectivity index (χ3v) is 4.68. The Morgan fingerprint density at radius 2 is 2.07 bits per heavy atom. The van der Waals surface area contributed by atoms with Crippen molar-refractivity contribution in [3.05, 3.63) is 46.9 Å². The highest BCUT2D eigenvalue weighted by Gasteiger charge is 2.23. The first kappa shape index (κ1) is 20.1. The van der Waals surface area contributed by atoms with E-state index in [1.807, 2.05) is 13.8 Å². The van der Waals surface area contributed by atoms with Crippen LogP contribution in [-0.2, 0) is 6.54 Å². The number of hydrogen-bond acceptors (Lipinski definition) is 7. The molecule has 0 atom stereocenters. The van der Waals surface area contributed by atoms with Gasteiger partial charge in [-0.1, -0.05) is 5.16 Å². The number of amides is 1. The summed E-state index contributed by atoms with van der Waals surface area (Å²) in [5.74, 6) is -0.0734. The van der Waals surface area contributed by atoms with Crippen molar-refractivity contribution in [3.8, 4) is 21.8 Å². The minimum atomic E-state index is -0.347. The highest BCUT2D eigenvalue weighted by atomic mass is 32.1. The van der Waals surface area contributed by atoms with Gasteiger partial charge in [-0.05, 0) is 38.1 Å². The van der Waals surface area contributed by atoms with Gasteiger partial charge in [0.05, 0.1) is 18.7 Å². The topological polar surface area (TPSA) is 100 Å². The number of halogens is 1. The van der Waals surface area contributed by atoms with Gasteiger partial charge in [-0.25, -0.2) is 9.37 Å². The molecule has 2 heterocycles. The number of aromatic nitrogens is 2. The standard InChI is InChI=1S/C19H21FN4O3S/c1-11(2)22-18(26)14-10-28-19(23-14)16-15(9-21-7-8-25)27-24-17(16)12-3-5-13(20)6-4-12/h3-6,10-11,21,25H,7-9H2,1-2H3,(H,22,26). The summed E-state index contributed by atoms with van der Waals surface area (Å²) in [5, 5.41) is 21.2. The first-order chi connectivity index (χ1) is 13.5. The number of aliphatic hydroxyl groups excluding tert-OH is 1. The van der Waals surface area contributed by atoms with E-state index in [0.717, 1.165) is 0 Å². The van der Waals surface area contributed by atoms with Gasteiger partial charge in [0.1, 0.15) is 22.2 Å². The largest absolute Gasteiger partial charge is 0.395 e. The van der Waals surface area contributed by atoms with Crippen LogP contribution >= 0.6 is 11.3 Å². The third kappa shape index (κ3) is 4.61. The zero-order chi connectivity index (χ0) is 20.1. The predicted octanol–water partition coefficient (Wildman–Crippen LogP) is 2.82. The summed E-state index contributed by atoms with van der Waals surface area (Å²) in [6, 6.07) is 5.92. The van der Waals surface area contributed by atoms with Crippen LogP contribution in [0.4, 0.5) is 4.39 Å². The van der Waals surface area contributed by atoms with Gasteiger partial charge in [0, 0.05) is 23.5 Å². The molecule has 0 aliphatic rings. The van der Waals surface area contributed by atoms with Gasteiger partial charge in [0.25, 0.3) is 5.91 Å². The quantitative estimate of drug-likeness (QED) is 0.499. The van der Waals surface area contributed by atoms with Crippen molar-refractivity contribution < 1.29 is 18.8 Å². The highest BCUT2D eigenvalue weighted by molar-refractivity contribution is 7.13. The number of hydrogen-bond donors (Lipinski definition) is 3. The Bertz CT molecular complexity index is 937. The second-order valence-electron chi connectivity index (χ2n) is 6.40. The third-order valence-electron chi connectivity index (χ3n) is 3.83. The maximum absolute atomic E-state index is 13.3. The monoisotopic (exact) mass is 404 g/mol. The molecule has 0 saturated heterocycles. The van der Waals surface area contributed by atoms with Crippen LogP contribution in [0.5, 0.6) is 0 Å². The summed E-state index contributed by atoms with van der Waals surface area (Å²) in [6.07, 6.45) is 0. The van der Waals surface area contributed by atoms with Crippen molar-refractivity contribution in [3.63, 3.8) is 0 Å². The number of rotatable bonds is 8. The molecule has 148 valence electrons. The fourth-order valence-corrected chi connectivity index (χ4v) is 3.44. The maximum atomic E-state index is 13.3. The lowest BCUT2D eigenvalue weighted by Crippen LogP contribution is -2.30. The van der Waals surface area contributed by atoms with Gasteiger partial charge in [0.2, 0.25) is 0 Å². The van der Waals surface area contributed by atoms with Crippen LogP contribution in [0.25, 0.3) is 21.8 Å². The SMILES string of the molecule is CC(C)NC(=O)c1csc(-c2c(-c3ccc(F)cc3)noc2CNCCO)n1. The van der Waals surface area contributed by atoms with Crippen LogP contribution in [0.2, 0.25) is 0 Å². The summed E-state index contributed by atoms with van der Waals surface area (Å²) in [7, 11) is 0. The molecule has 0 aliphatic carbocycles. The van der Waals surface area contributed by atoms with Gasteiger partial charge in [0.15, 0.2) is 5.76 Å². The number of benzene rings is 1. The predicted molar refractivity (Wildman–Crippen MR) is 104 cm³/mol. The molecule has 9 heteroatoms. The number of carbonyl (C=O) groups is 1. The number of carbonyl (C=O) groups excluding carboxylic acids is 1. The first-order valence-corrected chi connectivity index (χ1v) is 9.70. The lowest BCUT2D eigenvalue weighted by atomic mass is 10.1. The highest BCUT2D eigenvalue weighted by Crippen LogP contribution is 2.36. The molecular weight excluding hydrogens is 383 g/mol. The summed E-state index contributed by atoms with van der Waals surface area (Å²) in [4.78, 5) is 16.7. The smallest absolute Gasteiger partial charge is 0.270 e. The number of thiazole rings is 1. The Balaban J connectivity index is 1.99. The molecule has 0 saturated carbocycles. The van der Waals surface area contributed by atoms with E-state index in [0.29, 0.717) is 46.4 Å². The zero-order valence-electron chi connectivity index (χ0n) is 15.5. The van der Waals surface area contributed by atoms with Crippen LogP contribution in [0.1, 0.15) is 30.1 Å². The summed E-state index contributed by atoms with van der Waals surface area (Å²) >= 11 is 1.30. The van der Waals surface area contributed by atoms with Crippen LogP contribution in [0, 0.1) is 5.82 Å². The minimum absolute atomic E-state index is 0.00117. The average Bonchev–Trinajstić information content (AvgIpc) is 3.29. The van der Waals surface area contributed by atoms with Crippen molar-refractivity contribution in [1.82, 2.24) is 20.8 Å². The Labute approximate surface area is 165 Å². The van der Waals surface area contributed by atoms with Crippen LogP contribution in [0.15, 0.2) is 34.2 Å². The van der Waals surface area contributed by atoms with Crippen molar-refractivity contribution in [2.75, 3.05) is 13.2 Å². The molecule has 28 heavy (non-hydrogen) atoms. The van der Waals surface area contributed by atoms with Crippen molar-refractivity contribution >= 4 is 17.2 Å². The lowest BCUT2D eigenvalue weighted by Gasteiger charge is -2.05. The Morgan fingerprint density at radius 1 is 1.32 bits per heavy atom. The molecule has 0 bridgehead atoms. The normalized spacial score (nSPS) is 11.2. The zero-order valence-corrected chi connectivity index (χ0v) is 16.3. The van der Waals surface area contributed by atoms with E-state index >= 15 is 0 Å². The van der Waals surface area contributed by atoms with Crippen molar-refractivity contribution in [1.29, 1.82) is 0 Å². The van der Waals surface area contributed by atoms with E-state index < -0.39 is 0 Å². The second kappa shape index (κ2) is 9.05. The lowest BCUT2D eigenvalue weighted by molar-refractivity contribution is 0.0939. The molecule has 1 amide bonds. The molecule has 3 rings (SSSR count). The molecule has 2 aromatic heterocycles. The molecular formula is C19H21FN4O3S. The molecule has 3 N–H and O–H groups in total. The van der Waals surface area contributed by atoms with Gasteiger partial charge < -0.3 is 20.3 Å². The number of nitrogens with one attached hydrogen (secondary N) is 2. The summed E-state index contributed by atoms with van der Waals surface area (Å²) < 4.78 is 18.8. The number of aliphatic hydroxyl groups is 1. The van der Waals surface area contributed by atoms with Gasteiger partial charge in [-0.3, -0.25) is 4.79 Å². The van der Waals surface area contributed by atoms with E-state index in [1.165, 1.54) is 23.5 Å². The van der Waals surface area contributed by atoms with E-state index in [9.17, 15) is 9.18 Å². The van der Waals surface area contributed by atoms with Gasteiger partial charge in [-0.15, -0.1) is 11.3 Å². The molecule has 0 aliphatic heterocycles. The first-order valence-electron chi connectivity index (χ1n) is 8.82. The Morgan fingerprint density at radius 3 is 2.75 bits per heavy atom. The van der Waals surface area contributed by atoms with Crippen LogP contribution < -0.4 is 10.6 Å². The number of nitrogens with zero attached hydrogens (tertiary/aromatic N) is 2. The molecule has 1 aromatic carbocycles. The fraction of sp³-hybridized carbons (Fsp3) is 0.316. The summed E-state index contributed by atoms with van der Waals surface area (Å²) in [5.41, 5.74) is 2.16. The van der Waals surface area contributed by atoms with E-state index in [2.05, 4.69) is 20.8 Å². The molecule has 3 aromatic rings. The van der Waals surface area contributed by atoms with Crippen molar-refractivity contribution in [2.45, 2.75) is 26.4 Å². The van der Waals surface area contributed by atoms with Crippen LogP contribution in [0.3, 0.4) is 0 Å². The van der Waals surface area contributed by atoms with Gasteiger partial charge in [-0.2, -0.15) is 0 Å². The van der Waals surface area contributed by atoms with E-state index in [-0.39, 0.29) is 24.4 Å². The van der Waals surface area contributed by atoms with Crippen LogP contribution in [-0.4, -0.2) is 40.3 Å². The minimum Gasteiger partial charge on any atom is -0.395 e. The fourth-order valence-electron chi connectivity index (χ4n) is 2.58. The van der Waals surface area contributed by atoms with Crippen molar-refractivity contribution in [2.24, 2.45) is 0 Å². The average molecular weight is 404 g/mol. The maximum Gasteiger partial charge on any atom is 0.270 e. The second-order valence-corrected chi connectivity index (χ2v) is 7.26. The molecule has 0 radical (unpaired) electrons. The van der Waals surface area contributed by atoms with E-state index in [4.69, 9.17) is 9.63 Å². The molecule has 0 unspecified atom stereocenters. The molecule has 7 nitrogen and oxygen atoms in total. The Hall–Kier alpha value is -2.62.